The Labute approximate surface area is 111 Å². The van der Waals surface area contributed by atoms with Crippen LogP contribution in [-0.4, -0.2) is 36.0 Å². The molecule has 1 aliphatic rings. The maximum absolute atomic E-state index is 12.5. The molecule has 1 aliphatic heterocycles. The fraction of sp³-hybridized carbons (Fsp3) is 0.583. The molecule has 1 N–H and O–H groups in total. The number of hydrogen-bond donors (Lipinski definition) is 1. The van der Waals surface area contributed by atoms with Crippen molar-refractivity contribution in [1.82, 2.24) is 10.2 Å². The first-order valence-electron chi connectivity index (χ1n) is 5.70. The van der Waals surface area contributed by atoms with Crippen molar-refractivity contribution in [3.05, 3.63) is 20.8 Å². The third-order valence-corrected chi connectivity index (χ3v) is 4.82. The summed E-state index contributed by atoms with van der Waals surface area (Å²) in [6.07, 6.45) is 0. The van der Waals surface area contributed by atoms with Crippen LogP contribution in [0.2, 0.25) is 5.02 Å². The quantitative estimate of drug-likeness (QED) is 0.852. The molecule has 94 valence electrons. The second-order valence-electron chi connectivity index (χ2n) is 5.01. The lowest BCUT2D eigenvalue weighted by Crippen LogP contribution is -2.59. The van der Waals surface area contributed by atoms with Crippen LogP contribution in [0, 0.1) is 6.92 Å². The molecule has 0 bridgehead atoms. The minimum atomic E-state index is -0.156. The fourth-order valence-corrected chi connectivity index (χ4v) is 3.28. The van der Waals surface area contributed by atoms with Gasteiger partial charge in [-0.15, -0.1) is 11.3 Å². The maximum atomic E-state index is 12.5. The highest BCUT2D eigenvalue weighted by Gasteiger charge is 2.35. The smallest absolute Gasteiger partial charge is 0.266 e. The van der Waals surface area contributed by atoms with Gasteiger partial charge in [0.25, 0.3) is 5.91 Å². The molecular formula is C12H17ClN2OS. The molecule has 1 saturated heterocycles. The molecule has 0 saturated carbocycles. The van der Waals surface area contributed by atoms with Crippen LogP contribution in [0.15, 0.2) is 5.38 Å². The van der Waals surface area contributed by atoms with Crippen LogP contribution in [0.3, 0.4) is 0 Å². The third kappa shape index (κ3) is 2.34. The summed E-state index contributed by atoms with van der Waals surface area (Å²) in [5, 5.41) is 5.85. The van der Waals surface area contributed by atoms with Gasteiger partial charge in [-0.1, -0.05) is 11.6 Å². The van der Waals surface area contributed by atoms with E-state index in [-0.39, 0.29) is 11.4 Å². The standard InChI is InChI=1S/C12H17ClN2OS/c1-8-6-17-10(9(8)13)11(16)15-5-4-14-7-12(15,2)3/h6,14H,4-5,7H2,1-3H3. The number of hydrogen-bond acceptors (Lipinski definition) is 3. The zero-order valence-electron chi connectivity index (χ0n) is 10.3. The summed E-state index contributed by atoms with van der Waals surface area (Å²) in [6.45, 7) is 8.48. The molecule has 0 atom stereocenters. The molecule has 2 rings (SSSR count). The number of aryl methyl sites for hydroxylation is 1. The fourth-order valence-electron chi connectivity index (χ4n) is 2.06. The average Bonchev–Trinajstić information content (AvgIpc) is 2.58. The zero-order valence-corrected chi connectivity index (χ0v) is 11.9. The van der Waals surface area contributed by atoms with Gasteiger partial charge in [-0.2, -0.15) is 0 Å². The highest BCUT2D eigenvalue weighted by molar-refractivity contribution is 7.13. The molecule has 1 aromatic heterocycles. The molecule has 0 radical (unpaired) electrons. The predicted octanol–water partition coefficient (Wildman–Crippen LogP) is 2.53. The summed E-state index contributed by atoms with van der Waals surface area (Å²) < 4.78 is 0. The van der Waals surface area contributed by atoms with Crippen LogP contribution in [0.25, 0.3) is 0 Å². The van der Waals surface area contributed by atoms with E-state index in [9.17, 15) is 4.79 Å². The van der Waals surface area contributed by atoms with E-state index in [2.05, 4.69) is 19.2 Å². The molecule has 17 heavy (non-hydrogen) atoms. The number of piperazine rings is 1. The Morgan fingerprint density at radius 2 is 2.29 bits per heavy atom. The van der Waals surface area contributed by atoms with Gasteiger partial charge in [-0.3, -0.25) is 4.79 Å². The molecule has 3 nitrogen and oxygen atoms in total. The van der Waals surface area contributed by atoms with Gasteiger partial charge in [0.2, 0.25) is 0 Å². The van der Waals surface area contributed by atoms with Gasteiger partial charge in [0.1, 0.15) is 4.88 Å². The Kier molecular flexibility index (Phi) is 3.48. The molecule has 1 fully saturated rings. The van der Waals surface area contributed by atoms with Gasteiger partial charge in [0, 0.05) is 19.6 Å². The van der Waals surface area contributed by atoms with E-state index >= 15 is 0 Å². The van der Waals surface area contributed by atoms with Crippen molar-refractivity contribution in [3.8, 4) is 0 Å². The normalized spacial score (nSPS) is 19.4. The number of nitrogens with one attached hydrogen (secondary N) is 1. The minimum Gasteiger partial charge on any atom is -0.330 e. The molecule has 0 aromatic carbocycles. The molecule has 1 aromatic rings. The van der Waals surface area contributed by atoms with Crippen molar-refractivity contribution in [2.45, 2.75) is 26.3 Å². The minimum absolute atomic E-state index is 0.0552. The number of amides is 1. The van der Waals surface area contributed by atoms with E-state index in [0.717, 1.165) is 25.2 Å². The summed E-state index contributed by atoms with van der Waals surface area (Å²) in [6, 6.07) is 0. The van der Waals surface area contributed by atoms with E-state index in [1.165, 1.54) is 11.3 Å². The van der Waals surface area contributed by atoms with Crippen LogP contribution < -0.4 is 5.32 Å². The largest absolute Gasteiger partial charge is 0.330 e. The van der Waals surface area contributed by atoms with Gasteiger partial charge >= 0.3 is 0 Å². The lowest BCUT2D eigenvalue weighted by Gasteiger charge is -2.42. The van der Waals surface area contributed by atoms with Crippen molar-refractivity contribution >= 4 is 28.8 Å². The van der Waals surface area contributed by atoms with Gasteiger partial charge < -0.3 is 10.2 Å². The molecule has 5 heteroatoms. The predicted molar refractivity (Wildman–Crippen MR) is 72.1 cm³/mol. The Hall–Kier alpha value is -0.580. The summed E-state index contributed by atoms with van der Waals surface area (Å²) >= 11 is 7.60. The summed E-state index contributed by atoms with van der Waals surface area (Å²) in [5.74, 6) is 0.0552. The van der Waals surface area contributed by atoms with Crippen LogP contribution >= 0.6 is 22.9 Å². The maximum Gasteiger partial charge on any atom is 0.266 e. The zero-order chi connectivity index (χ0) is 12.6. The van der Waals surface area contributed by atoms with Crippen LogP contribution in [0.1, 0.15) is 29.1 Å². The summed E-state index contributed by atoms with van der Waals surface area (Å²) in [4.78, 5) is 15.1. The Balaban J connectivity index is 2.28. The van der Waals surface area contributed by atoms with E-state index in [1.54, 1.807) is 0 Å². The van der Waals surface area contributed by atoms with Crippen molar-refractivity contribution in [2.24, 2.45) is 0 Å². The Morgan fingerprint density at radius 1 is 1.59 bits per heavy atom. The van der Waals surface area contributed by atoms with Crippen LogP contribution in [0.5, 0.6) is 0 Å². The molecular weight excluding hydrogens is 256 g/mol. The number of thiophene rings is 1. The highest BCUT2D eigenvalue weighted by Crippen LogP contribution is 2.30. The average molecular weight is 273 g/mol. The Bertz CT molecular complexity index is 442. The van der Waals surface area contributed by atoms with Crippen molar-refractivity contribution < 1.29 is 4.79 Å². The van der Waals surface area contributed by atoms with Crippen molar-refractivity contribution in [3.63, 3.8) is 0 Å². The van der Waals surface area contributed by atoms with Crippen LogP contribution in [0.4, 0.5) is 0 Å². The number of halogens is 1. The lowest BCUT2D eigenvalue weighted by atomic mass is 10.00. The summed E-state index contributed by atoms with van der Waals surface area (Å²) in [5.41, 5.74) is 0.823. The number of carbonyl (C=O) groups is 1. The molecule has 0 aliphatic carbocycles. The van der Waals surface area contributed by atoms with E-state index in [0.29, 0.717) is 9.90 Å². The van der Waals surface area contributed by atoms with Crippen molar-refractivity contribution in [2.75, 3.05) is 19.6 Å². The van der Waals surface area contributed by atoms with Crippen molar-refractivity contribution in [1.29, 1.82) is 0 Å². The molecule has 1 amide bonds. The molecule has 0 unspecified atom stereocenters. The SMILES string of the molecule is Cc1csc(C(=O)N2CCNCC2(C)C)c1Cl. The molecule has 2 heterocycles. The third-order valence-electron chi connectivity index (χ3n) is 3.14. The van der Waals surface area contributed by atoms with Gasteiger partial charge in [-0.05, 0) is 31.7 Å². The number of carbonyl (C=O) groups excluding carboxylic acids is 1. The summed E-state index contributed by atoms with van der Waals surface area (Å²) in [7, 11) is 0. The van der Waals surface area contributed by atoms with E-state index in [4.69, 9.17) is 11.6 Å². The number of rotatable bonds is 1. The van der Waals surface area contributed by atoms with E-state index < -0.39 is 0 Å². The van der Waals surface area contributed by atoms with Gasteiger partial charge in [0.05, 0.1) is 10.6 Å². The first kappa shape index (κ1) is 12.9. The topological polar surface area (TPSA) is 32.3 Å². The second kappa shape index (κ2) is 4.59. The van der Waals surface area contributed by atoms with Crippen LogP contribution in [-0.2, 0) is 0 Å². The van der Waals surface area contributed by atoms with Gasteiger partial charge in [0.15, 0.2) is 0 Å². The lowest BCUT2D eigenvalue weighted by molar-refractivity contribution is 0.0482. The first-order chi connectivity index (χ1) is 7.93. The monoisotopic (exact) mass is 272 g/mol. The highest BCUT2D eigenvalue weighted by atomic mass is 35.5. The first-order valence-corrected chi connectivity index (χ1v) is 6.95. The van der Waals surface area contributed by atoms with Gasteiger partial charge in [-0.25, -0.2) is 0 Å². The number of nitrogens with zero attached hydrogens (tertiary/aromatic N) is 1. The Morgan fingerprint density at radius 3 is 2.82 bits per heavy atom. The molecule has 0 spiro atoms. The second-order valence-corrected chi connectivity index (χ2v) is 6.27. The van der Waals surface area contributed by atoms with E-state index in [1.807, 2.05) is 17.2 Å².